The average molecular weight is 215 g/mol. The third kappa shape index (κ3) is 1.40. The number of ether oxygens (including phenoxy) is 2. The van der Waals surface area contributed by atoms with Gasteiger partial charge in [0.15, 0.2) is 11.5 Å². The third-order valence-corrected chi connectivity index (χ3v) is 2.83. The van der Waals surface area contributed by atoms with E-state index in [1.807, 2.05) is 24.4 Å². The summed E-state index contributed by atoms with van der Waals surface area (Å²) in [5.41, 5.74) is 1.14. The zero-order chi connectivity index (χ0) is 11.0. The standard InChI is InChI=1S/C13H13NO2/c1-2-3-11-10-7-13-12(15-8-16-13)6-9(10)4-5-14-11/h4-7H,2-3,8H2,1H3. The van der Waals surface area contributed by atoms with Gasteiger partial charge in [-0.2, -0.15) is 0 Å². The Morgan fingerprint density at radius 1 is 1.25 bits per heavy atom. The summed E-state index contributed by atoms with van der Waals surface area (Å²) < 4.78 is 10.8. The van der Waals surface area contributed by atoms with E-state index >= 15 is 0 Å². The van der Waals surface area contributed by atoms with Crippen LogP contribution in [0.1, 0.15) is 19.0 Å². The van der Waals surface area contributed by atoms with Crippen LogP contribution in [0.25, 0.3) is 10.8 Å². The Morgan fingerprint density at radius 3 is 2.88 bits per heavy atom. The Balaban J connectivity index is 2.23. The number of fused-ring (bicyclic) bond motifs is 2. The second kappa shape index (κ2) is 3.67. The van der Waals surface area contributed by atoms with Crippen molar-refractivity contribution in [2.24, 2.45) is 0 Å². The molecular weight excluding hydrogens is 202 g/mol. The normalized spacial score (nSPS) is 13.3. The topological polar surface area (TPSA) is 31.4 Å². The van der Waals surface area contributed by atoms with Gasteiger partial charge in [0.2, 0.25) is 6.79 Å². The summed E-state index contributed by atoms with van der Waals surface area (Å²) >= 11 is 0. The maximum atomic E-state index is 5.39. The molecule has 1 aromatic carbocycles. The molecule has 0 saturated carbocycles. The van der Waals surface area contributed by atoms with Gasteiger partial charge in [-0.25, -0.2) is 0 Å². The zero-order valence-electron chi connectivity index (χ0n) is 9.19. The Hall–Kier alpha value is -1.77. The van der Waals surface area contributed by atoms with Gasteiger partial charge in [-0.3, -0.25) is 4.98 Å². The van der Waals surface area contributed by atoms with Crippen molar-refractivity contribution in [1.82, 2.24) is 4.98 Å². The largest absolute Gasteiger partial charge is 0.454 e. The first-order valence-electron chi connectivity index (χ1n) is 5.55. The molecule has 1 aromatic heterocycles. The lowest BCUT2D eigenvalue weighted by molar-refractivity contribution is 0.174. The Bertz CT molecular complexity index is 537. The predicted octanol–water partition coefficient (Wildman–Crippen LogP) is 2.92. The van der Waals surface area contributed by atoms with Gasteiger partial charge in [-0.1, -0.05) is 13.3 Å². The number of benzene rings is 1. The highest BCUT2D eigenvalue weighted by Crippen LogP contribution is 2.36. The van der Waals surface area contributed by atoms with E-state index in [-0.39, 0.29) is 0 Å². The van der Waals surface area contributed by atoms with Crippen LogP contribution in [0.3, 0.4) is 0 Å². The summed E-state index contributed by atoms with van der Waals surface area (Å²) in [4.78, 5) is 4.43. The fourth-order valence-corrected chi connectivity index (χ4v) is 2.06. The fraction of sp³-hybridized carbons (Fsp3) is 0.308. The van der Waals surface area contributed by atoms with Gasteiger partial charge in [0.1, 0.15) is 0 Å². The quantitative estimate of drug-likeness (QED) is 0.771. The van der Waals surface area contributed by atoms with Gasteiger partial charge >= 0.3 is 0 Å². The smallest absolute Gasteiger partial charge is 0.231 e. The second-order valence-electron chi connectivity index (χ2n) is 3.93. The second-order valence-corrected chi connectivity index (χ2v) is 3.93. The summed E-state index contributed by atoms with van der Waals surface area (Å²) in [5, 5.41) is 2.34. The molecule has 0 bridgehead atoms. The van der Waals surface area contributed by atoms with Crippen molar-refractivity contribution >= 4 is 10.8 Å². The van der Waals surface area contributed by atoms with E-state index in [1.165, 1.54) is 10.8 Å². The van der Waals surface area contributed by atoms with E-state index in [9.17, 15) is 0 Å². The summed E-state index contributed by atoms with van der Waals surface area (Å²) in [5.74, 6) is 1.67. The van der Waals surface area contributed by atoms with E-state index in [0.29, 0.717) is 6.79 Å². The highest BCUT2D eigenvalue weighted by Gasteiger charge is 2.15. The molecule has 0 N–H and O–H groups in total. The monoisotopic (exact) mass is 215 g/mol. The Labute approximate surface area is 94.0 Å². The SMILES string of the molecule is CCCc1nccc2cc3c(cc12)OCO3. The molecule has 0 unspecified atom stereocenters. The molecule has 2 aromatic rings. The first-order chi connectivity index (χ1) is 7.88. The van der Waals surface area contributed by atoms with Gasteiger partial charge in [0, 0.05) is 17.3 Å². The van der Waals surface area contributed by atoms with E-state index in [4.69, 9.17) is 9.47 Å². The molecule has 3 heteroatoms. The first-order valence-corrected chi connectivity index (χ1v) is 5.55. The molecule has 0 atom stereocenters. The molecule has 3 rings (SSSR count). The number of rotatable bonds is 2. The first kappa shape index (κ1) is 9.46. The summed E-state index contributed by atoms with van der Waals surface area (Å²) in [6.07, 6.45) is 3.95. The molecule has 0 radical (unpaired) electrons. The van der Waals surface area contributed by atoms with Crippen molar-refractivity contribution in [3.05, 3.63) is 30.1 Å². The van der Waals surface area contributed by atoms with Crippen LogP contribution in [-0.2, 0) is 6.42 Å². The lowest BCUT2D eigenvalue weighted by Gasteiger charge is -2.05. The minimum absolute atomic E-state index is 0.322. The molecule has 2 heterocycles. The van der Waals surface area contributed by atoms with Crippen molar-refractivity contribution in [3.8, 4) is 11.5 Å². The molecule has 0 amide bonds. The van der Waals surface area contributed by atoms with E-state index in [1.54, 1.807) is 0 Å². The van der Waals surface area contributed by atoms with Crippen LogP contribution in [0.5, 0.6) is 11.5 Å². The number of aryl methyl sites for hydroxylation is 1. The lowest BCUT2D eigenvalue weighted by Crippen LogP contribution is -1.92. The van der Waals surface area contributed by atoms with Crippen LogP contribution in [0, 0.1) is 0 Å². The molecular formula is C13H13NO2. The van der Waals surface area contributed by atoms with Crippen molar-refractivity contribution in [3.63, 3.8) is 0 Å². The zero-order valence-corrected chi connectivity index (χ0v) is 9.19. The fourth-order valence-electron chi connectivity index (χ4n) is 2.06. The van der Waals surface area contributed by atoms with Gasteiger partial charge < -0.3 is 9.47 Å². The number of nitrogens with zero attached hydrogens (tertiary/aromatic N) is 1. The van der Waals surface area contributed by atoms with Gasteiger partial charge in [-0.05, 0) is 30.0 Å². The van der Waals surface area contributed by atoms with Crippen LogP contribution < -0.4 is 9.47 Å². The van der Waals surface area contributed by atoms with Gasteiger partial charge in [-0.15, -0.1) is 0 Å². The summed E-state index contributed by atoms with van der Waals surface area (Å²) in [7, 11) is 0. The number of hydrogen-bond donors (Lipinski definition) is 0. The molecule has 16 heavy (non-hydrogen) atoms. The highest BCUT2D eigenvalue weighted by atomic mass is 16.7. The minimum Gasteiger partial charge on any atom is -0.454 e. The highest BCUT2D eigenvalue weighted by molar-refractivity contribution is 5.88. The average Bonchev–Trinajstić information content (AvgIpc) is 2.74. The van der Waals surface area contributed by atoms with Gasteiger partial charge in [0.05, 0.1) is 0 Å². The lowest BCUT2D eigenvalue weighted by atomic mass is 10.1. The molecule has 82 valence electrons. The third-order valence-electron chi connectivity index (χ3n) is 2.83. The molecule has 1 aliphatic heterocycles. The van der Waals surface area contributed by atoms with Crippen molar-refractivity contribution < 1.29 is 9.47 Å². The van der Waals surface area contributed by atoms with Crippen molar-refractivity contribution in [1.29, 1.82) is 0 Å². The molecule has 0 fully saturated rings. The molecule has 0 spiro atoms. The molecule has 1 aliphatic rings. The van der Waals surface area contributed by atoms with Crippen LogP contribution in [0.2, 0.25) is 0 Å². The number of hydrogen-bond acceptors (Lipinski definition) is 3. The van der Waals surface area contributed by atoms with Crippen LogP contribution in [0.4, 0.5) is 0 Å². The van der Waals surface area contributed by atoms with Gasteiger partial charge in [0.25, 0.3) is 0 Å². The van der Waals surface area contributed by atoms with E-state index < -0.39 is 0 Å². The Kier molecular flexibility index (Phi) is 2.17. The minimum atomic E-state index is 0.322. The van der Waals surface area contributed by atoms with E-state index in [2.05, 4.69) is 11.9 Å². The molecule has 3 nitrogen and oxygen atoms in total. The molecule has 0 aliphatic carbocycles. The van der Waals surface area contributed by atoms with Crippen LogP contribution >= 0.6 is 0 Å². The maximum Gasteiger partial charge on any atom is 0.231 e. The van der Waals surface area contributed by atoms with E-state index in [0.717, 1.165) is 30.0 Å². The van der Waals surface area contributed by atoms with Crippen LogP contribution in [-0.4, -0.2) is 11.8 Å². The van der Waals surface area contributed by atoms with Crippen LogP contribution in [0.15, 0.2) is 24.4 Å². The molecule has 0 saturated heterocycles. The summed E-state index contributed by atoms with van der Waals surface area (Å²) in [6.45, 7) is 2.48. The van der Waals surface area contributed by atoms with Crippen molar-refractivity contribution in [2.45, 2.75) is 19.8 Å². The van der Waals surface area contributed by atoms with Crippen molar-refractivity contribution in [2.75, 3.05) is 6.79 Å². The predicted molar refractivity (Wildman–Crippen MR) is 61.9 cm³/mol. The summed E-state index contributed by atoms with van der Waals surface area (Å²) in [6, 6.07) is 6.07. The number of pyridine rings is 1. The maximum absolute atomic E-state index is 5.39. The Morgan fingerprint density at radius 2 is 2.06 bits per heavy atom. The number of aromatic nitrogens is 1.